The number of nitrogen functional groups attached to an aromatic ring is 1. The largest absolute Gasteiger partial charge is 0.371 e. The highest BCUT2D eigenvalue weighted by Crippen LogP contribution is 2.25. The van der Waals surface area contributed by atoms with E-state index >= 15 is 0 Å². The van der Waals surface area contributed by atoms with E-state index in [9.17, 15) is 10.1 Å². The van der Waals surface area contributed by atoms with Crippen LogP contribution in [0.5, 0.6) is 0 Å². The van der Waals surface area contributed by atoms with Gasteiger partial charge in [0.2, 0.25) is 0 Å². The smallest absolute Gasteiger partial charge is 0.293 e. The second kappa shape index (κ2) is 5.11. The number of nitrogens with one attached hydrogen (secondary N) is 1. The third-order valence-corrected chi connectivity index (χ3v) is 2.09. The van der Waals surface area contributed by atoms with Crippen LogP contribution in [-0.4, -0.2) is 10.5 Å². The summed E-state index contributed by atoms with van der Waals surface area (Å²) in [4.78, 5) is 10.2. The summed E-state index contributed by atoms with van der Waals surface area (Å²) in [6.45, 7) is 6.22. The molecule has 0 unspecified atom stereocenters. The van der Waals surface area contributed by atoms with E-state index < -0.39 is 4.92 Å². The Morgan fingerprint density at radius 1 is 1.47 bits per heavy atom. The van der Waals surface area contributed by atoms with E-state index in [1.165, 1.54) is 6.07 Å². The molecule has 6 nitrogen and oxygen atoms in total. The monoisotopic (exact) mass is 239 g/mol. The van der Waals surface area contributed by atoms with Gasteiger partial charge in [-0.1, -0.05) is 0 Å². The second-order valence-corrected chi connectivity index (χ2v) is 4.65. The van der Waals surface area contributed by atoms with E-state index in [0.717, 1.165) is 5.56 Å². The highest BCUT2D eigenvalue weighted by atomic mass is 16.6. The lowest BCUT2D eigenvalue weighted by molar-refractivity contribution is -0.384. The molecule has 6 heteroatoms. The third kappa shape index (κ3) is 4.01. The van der Waals surface area contributed by atoms with Gasteiger partial charge in [0.15, 0.2) is 0 Å². The Balaban J connectivity index is 2.87. The highest BCUT2D eigenvalue weighted by Gasteiger charge is 2.15. The molecule has 17 heavy (non-hydrogen) atoms. The van der Waals surface area contributed by atoms with Crippen molar-refractivity contribution < 1.29 is 9.66 Å². The summed E-state index contributed by atoms with van der Waals surface area (Å²) >= 11 is 0. The lowest BCUT2D eigenvalue weighted by atomic mass is 10.1. The van der Waals surface area contributed by atoms with E-state index in [-0.39, 0.29) is 17.0 Å². The molecule has 1 aromatic carbocycles. The molecule has 0 atom stereocenters. The quantitative estimate of drug-likeness (QED) is 0.477. The predicted octanol–water partition coefficient (Wildman–Crippen LogP) is 2.20. The molecule has 0 spiro atoms. The number of hydrazine groups is 1. The maximum atomic E-state index is 10.7. The Bertz CT molecular complexity index is 413. The molecule has 0 aliphatic heterocycles. The van der Waals surface area contributed by atoms with Gasteiger partial charge in [-0.15, -0.1) is 0 Å². The molecule has 0 saturated heterocycles. The van der Waals surface area contributed by atoms with Crippen LogP contribution in [0.2, 0.25) is 0 Å². The number of hydrogen-bond acceptors (Lipinski definition) is 5. The van der Waals surface area contributed by atoms with Gasteiger partial charge in [-0.25, -0.2) is 0 Å². The number of anilines is 1. The van der Waals surface area contributed by atoms with Crippen LogP contribution in [0.1, 0.15) is 26.3 Å². The Morgan fingerprint density at radius 3 is 2.59 bits per heavy atom. The summed E-state index contributed by atoms with van der Waals surface area (Å²) < 4.78 is 5.58. The van der Waals surface area contributed by atoms with E-state index in [4.69, 9.17) is 10.6 Å². The van der Waals surface area contributed by atoms with Crippen molar-refractivity contribution in [3.05, 3.63) is 33.9 Å². The molecule has 3 N–H and O–H groups in total. The van der Waals surface area contributed by atoms with Crippen LogP contribution in [0.3, 0.4) is 0 Å². The van der Waals surface area contributed by atoms with Crippen molar-refractivity contribution in [1.29, 1.82) is 0 Å². The van der Waals surface area contributed by atoms with Crippen LogP contribution in [0.25, 0.3) is 0 Å². The molecule has 94 valence electrons. The minimum Gasteiger partial charge on any atom is -0.371 e. The number of rotatable bonds is 4. The molecule has 0 aromatic heterocycles. The zero-order chi connectivity index (χ0) is 13.1. The second-order valence-electron chi connectivity index (χ2n) is 4.65. The molecule has 0 radical (unpaired) electrons. The Labute approximate surface area is 99.9 Å². The van der Waals surface area contributed by atoms with Gasteiger partial charge >= 0.3 is 0 Å². The molecule has 0 heterocycles. The van der Waals surface area contributed by atoms with Crippen molar-refractivity contribution in [2.75, 3.05) is 5.43 Å². The van der Waals surface area contributed by atoms with Gasteiger partial charge in [0.25, 0.3) is 5.69 Å². The van der Waals surface area contributed by atoms with Crippen molar-refractivity contribution in [3.8, 4) is 0 Å². The topological polar surface area (TPSA) is 90.4 Å². The van der Waals surface area contributed by atoms with Crippen molar-refractivity contribution >= 4 is 11.4 Å². The fourth-order valence-electron chi connectivity index (χ4n) is 1.25. The summed E-state index contributed by atoms with van der Waals surface area (Å²) in [5.74, 6) is 5.24. The first-order valence-electron chi connectivity index (χ1n) is 5.21. The molecule has 0 bridgehead atoms. The number of hydrogen-bond donors (Lipinski definition) is 2. The Kier molecular flexibility index (Phi) is 4.03. The SMILES string of the molecule is CC(C)(C)OCc1ccc([N+](=O)[O-])c(NN)c1. The molecule has 0 amide bonds. The minimum absolute atomic E-state index is 0.0491. The van der Waals surface area contributed by atoms with Crippen LogP contribution >= 0.6 is 0 Å². The van der Waals surface area contributed by atoms with Crippen LogP contribution in [0, 0.1) is 10.1 Å². The first-order valence-corrected chi connectivity index (χ1v) is 5.21. The van der Waals surface area contributed by atoms with Crippen LogP contribution in [-0.2, 0) is 11.3 Å². The van der Waals surface area contributed by atoms with Crippen LogP contribution in [0.4, 0.5) is 11.4 Å². The highest BCUT2D eigenvalue weighted by molar-refractivity contribution is 5.61. The molecule has 0 fully saturated rings. The maximum Gasteiger partial charge on any atom is 0.293 e. The van der Waals surface area contributed by atoms with Gasteiger partial charge in [0.05, 0.1) is 17.1 Å². The Hall–Kier alpha value is -1.66. The van der Waals surface area contributed by atoms with Gasteiger partial charge < -0.3 is 10.2 Å². The van der Waals surface area contributed by atoms with Crippen molar-refractivity contribution in [3.63, 3.8) is 0 Å². The van der Waals surface area contributed by atoms with Crippen molar-refractivity contribution in [2.45, 2.75) is 33.0 Å². The molecule has 0 aliphatic rings. The van der Waals surface area contributed by atoms with Gasteiger partial charge in [-0.05, 0) is 38.5 Å². The first-order chi connectivity index (χ1) is 7.83. The normalized spacial score (nSPS) is 11.3. The Morgan fingerprint density at radius 2 is 2.12 bits per heavy atom. The molecule has 0 aliphatic carbocycles. The summed E-state index contributed by atoms with van der Waals surface area (Å²) in [7, 11) is 0. The summed E-state index contributed by atoms with van der Waals surface area (Å²) in [6, 6.07) is 4.69. The van der Waals surface area contributed by atoms with E-state index in [0.29, 0.717) is 6.61 Å². The zero-order valence-corrected chi connectivity index (χ0v) is 10.2. The molecule has 0 saturated carbocycles. The lowest BCUT2D eigenvalue weighted by Crippen LogP contribution is -2.18. The minimum atomic E-state index is -0.483. The van der Waals surface area contributed by atoms with E-state index in [1.807, 2.05) is 20.8 Å². The fourth-order valence-corrected chi connectivity index (χ4v) is 1.25. The standard InChI is InChI=1S/C11H17N3O3/c1-11(2,3)17-7-8-4-5-10(14(15)16)9(6-8)13-12/h4-6,13H,7,12H2,1-3H3. The number of nitro benzene ring substituents is 1. The zero-order valence-electron chi connectivity index (χ0n) is 10.2. The van der Waals surface area contributed by atoms with Gasteiger partial charge in [0, 0.05) is 6.07 Å². The number of nitro groups is 1. The molecular formula is C11H17N3O3. The molecular weight excluding hydrogens is 222 g/mol. The average molecular weight is 239 g/mol. The molecule has 1 rings (SSSR count). The first kappa shape index (κ1) is 13.4. The number of benzene rings is 1. The van der Waals surface area contributed by atoms with Gasteiger partial charge in [-0.3, -0.25) is 16.0 Å². The van der Waals surface area contributed by atoms with Gasteiger partial charge in [-0.2, -0.15) is 0 Å². The van der Waals surface area contributed by atoms with E-state index in [1.54, 1.807) is 12.1 Å². The van der Waals surface area contributed by atoms with Crippen LogP contribution < -0.4 is 11.3 Å². The molecule has 1 aromatic rings. The van der Waals surface area contributed by atoms with Crippen LogP contribution in [0.15, 0.2) is 18.2 Å². The average Bonchev–Trinajstić information content (AvgIpc) is 2.24. The van der Waals surface area contributed by atoms with Crippen molar-refractivity contribution in [2.24, 2.45) is 5.84 Å². The summed E-state index contributed by atoms with van der Waals surface area (Å²) in [5.41, 5.74) is 3.13. The van der Waals surface area contributed by atoms with E-state index in [2.05, 4.69) is 5.43 Å². The van der Waals surface area contributed by atoms with Crippen molar-refractivity contribution in [1.82, 2.24) is 0 Å². The third-order valence-electron chi connectivity index (χ3n) is 2.09. The maximum absolute atomic E-state index is 10.7. The number of nitrogens with zero attached hydrogens (tertiary/aromatic N) is 1. The fraction of sp³-hybridized carbons (Fsp3) is 0.455. The summed E-state index contributed by atoms with van der Waals surface area (Å²) in [6.07, 6.45) is 0. The number of ether oxygens (including phenoxy) is 1. The summed E-state index contributed by atoms with van der Waals surface area (Å²) in [5, 5.41) is 10.7. The lowest BCUT2D eigenvalue weighted by Gasteiger charge is -2.19. The van der Waals surface area contributed by atoms with Gasteiger partial charge in [0.1, 0.15) is 5.69 Å². The predicted molar refractivity (Wildman–Crippen MR) is 65.4 cm³/mol. The number of nitrogens with two attached hydrogens (primary N) is 1.